The molecule has 3 N–H and O–H groups in total. The summed E-state index contributed by atoms with van der Waals surface area (Å²) in [5.41, 5.74) is 7.84. The standard InChI is InChI=1S/C16H21N3O/c1-2-8-19-16(20)13(11-17)10-12-7-9-18-15-6-4-3-5-14(12)15/h3-7,9,13H,2,8,10-11,17H2,1H3,(H,19,20). The summed E-state index contributed by atoms with van der Waals surface area (Å²) in [6.45, 7) is 3.09. The highest BCUT2D eigenvalue weighted by molar-refractivity contribution is 5.84. The van der Waals surface area contributed by atoms with Gasteiger partial charge < -0.3 is 11.1 Å². The van der Waals surface area contributed by atoms with E-state index in [1.807, 2.05) is 37.3 Å². The van der Waals surface area contributed by atoms with Gasteiger partial charge in [0.2, 0.25) is 5.91 Å². The number of hydrogen-bond acceptors (Lipinski definition) is 3. The molecule has 0 fully saturated rings. The number of fused-ring (bicyclic) bond motifs is 1. The Balaban J connectivity index is 2.19. The van der Waals surface area contributed by atoms with E-state index in [-0.39, 0.29) is 11.8 Å². The van der Waals surface area contributed by atoms with Gasteiger partial charge >= 0.3 is 0 Å². The van der Waals surface area contributed by atoms with Crippen molar-refractivity contribution in [1.29, 1.82) is 0 Å². The van der Waals surface area contributed by atoms with Crippen molar-refractivity contribution < 1.29 is 4.79 Å². The zero-order chi connectivity index (χ0) is 14.4. The van der Waals surface area contributed by atoms with Gasteiger partial charge in [0.25, 0.3) is 0 Å². The predicted octanol–water partition coefficient (Wildman–Crippen LogP) is 1.88. The van der Waals surface area contributed by atoms with Crippen LogP contribution in [0.2, 0.25) is 0 Å². The number of nitrogens with one attached hydrogen (secondary N) is 1. The fraction of sp³-hybridized carbons (Fsp3) is 0.375. The Labute approximate surface area is 119 Å². The van der Waals surface area contributed by atoms with Gasteiger partial charge in [-0.25, -0.2) is 0 Å². The maximum absolute atomic E-state index is 12.1. The minimum Gasteiger partial charge on any atom is -0.356 e. The third-order valence-corrected chi connectivity index (χ3v) is 3.41. The molecule has 1 atom stereocenters. The maximum atomic E-state index is 12.1. The first-order valence-corrected chi connectivity index (χ1v) is 7.06. The number of rotatable bonds is 6. The van der Waals surface area contributed by atoms with Crippen molar-refractivity contribution in [2.75, 3.05) is 13.1 Å². The highest BCUT2D eigenvalue weighted by Gasteiger charge is 2.17. The lowest BCUT2D eigenvalue weighted by molar-refractivity contribution is -0.124. The lowest BCUT2D eigenvalue weighted by Gasteiger charge is -2.15. The van der Waals surface area contributed by atoms with E-state index in [1.54, 1.807) is 6.20 Å². The second-order valence-corrected chi connectivity index (χ2v) is 4.92. The molecular weight excluding hydrogens is 250 g/mol. The maximum Gasteiger partial charge on any atom is 0.224 e. The molecule has 1 unspecified atom stereocenters. The fourth-order valence-electron chi connectivity index (χ4n) is 2.27. The number of pyridine rings is 1. The average molecular weight is 271 g/mol. The van der Waals surface area contributed by atoms with Crippen LogP contribution in [0.3, 0.4) is 0 Å². The van der Waals surface area contributed by atoms with Gasteiger partial charge in [0.1, 0.15) is 0 Å². The minimum atomic E-state index is -0.188. The van der Waals surface area contributed by atoms with Crippen molar-refractivity contribution in [2.24, 2.45) is 11.7 Å². The lowest BCUT2D eigenvalue weighted by atomic mass is 9.96. The molecule has 2 aromatic rings. The van der Waals surface area contributed by atoms with E-state index in [0.29, 0.717) is 19.5 Å². The highest BCUT2D eigenvalue weighted by Crippen LogP contribution is 2.19. The summed E-state index contributed by atoms with van der Waals surface area (Å²) in [6.07, 6.45) is 3.37. The Morgan fingerprint density at radius 1 is 1.35 bits per heavy atom. The normalized spacial score (nSPS) is 12.3. The van der Waals surface area contributed by atoms with Crippen LogP contribution in [0.5, 0.6) is 0 Å². The number of para-hydroxylation sites is 1. The van der Waals surface area contributed by atoms with Crippen LogP contribution in [0, 0.1) is 5.92 Å². The number of carbonyl (C=O) groups excluding carboxylic acids is 1. The SMILES string of the molecule is CCCNC(=O)C(CN)Cc1ccnc2ccccc12. The molecular formula is C16H21N3O. The number of nitrogens with zero attached hydrogens (tertiary/aromatic N) is 1. The van der Waals surface area contributed by atoms with E-state index in [9.17, 15) is 4.79 Å². The van der Waals surface area contributed by atoms with Gasteiger partial charge in [0.15, 0.2) is 0 Å². The van der Waals surface area contributed by atoms with Gasteiger partial charge in [0, 0.05) is 24.7 Å². The summed E-state index contributed by atoms with van der Waals surface area (Å²) < 4.78 is 0. The molecule has 0 aliphatic carbocycles. The van der Waals surface area contributed by atoms with Gasteiger partial charge in [-0.05, 0) is 30.5 Å². The molecule has 0 saturated carbocycles. The molecule has 106 valence electrons. The van der Waals surface area contributed by atoms with Crippen LogP contribution >= 0.6 is 0 Å². The molecule has 0 saturated heterocycles. The largest absolute Gasteiger partial charge is 0.356 e. The Hall–Kier alpha value is -1.94. The first-order valence-electron chi connectivity index (χ1n) is 7.06. The molecule has 2 rings (SSSR count). The average Bonchev–Trinajstić information content (AvgIpc) is 2.50. The Morgan fingerprint density at radius 2 is 2.15 bits per heavy atom. The number of amides is 1. The van der Waals surface area contributed by atoms with Crippen LogP contribution in [0.15, 0.2) is 36.5 Å². The van der Waals surface area contributed by atoms with Gasteiger partial charge in [-0.2, -0.15) is 0 Å². The minimum absolute atomic E-state index is 0.0373. The Bertz CT molecular complexity index is 577. The van der Waals surface area contributed by atoms with Gasteiger partial charge in [-0.1, -0.05) is 25.1 Å². The topological polar surface area (TPSA) is 68.0 Å². The van der Waals surface area contributed by atoms with Crippen LogP contribution in [0.25, 0.3) is 10.9 Å². The van der Waals surface area contributed by atoms with Crippen LogP contribution in [0.4, 0.5) is 0 Å². The molecule has 1 aromatic carbocycles. The number of nitrogens with two attached hydrogens (primary N) is 1. The van der Waals surface area contributed by atoms with Crippen LogP contribution < -0.4 is 11.1 Å². The first kappa shape index (κ1) is 14.5. The number of hydrogen-bond donors (Lipinski definition) is 2. The second-order valence-electron chi connectivity index (χ2n) is 4.92. The molecule has 1 heterocycles. The molecule has 20 heavy (non-hydrogen) atoms. The van der Waals surface area contributed by atoms with Crippen molar-refractivity contribution in [3.63, 3.8) is 0 Å². The summed E-state index contributed by atoms with van der Waals surface area (Å²) in [5.74, 6) is -0.150. The van der Waals surface area contributed by atoms with E-state index in [4.69, 9.17) is 5.73 Å². The molecule has 1 amide bonds. The highest BCUT2D eigenvalue weighted by atomic mass is 16.1. The summed E-state index contributed by atoms with van der Waals surface area (Å²) in [7, 11) is 0. The van der Waals surface area contributed by atoms with Crippen LogP contribution in [-0.4, -0.2) is 24.0 Å². The van der Waals surface area contributed by atoms with E-state index in [0.717, 1.165) is 22.9 Å². The summed E-state index contributed by atoms with van der Waals surface area (Å²) in [5, 5.41) is 4.01. The smallest absolute Gasteiger partial charge is 0.224 e. The van der Waals surface area contributed by atoms with Gasteiger partial charge in [-0.3, -0.25) is 9.78 Å². The van der Waals surface area contributed by atoms with E-state index in [1.165, 1.54) is 0 Å². The summed E-state index contributed by atoms with van der Waals surface area (Å²) in [6, 6.07) is 9.94. The Kier molecular flexibility index (Phi) is 5.07. The van der Waals surface area contributed by atoms with Crippen LogP contribution in [0.1, 0.15) is 18.9 Å². The summed E-state index contributed by atoms with van der Waals surface area (Å²) in [4.78, 5) is 16.4. The van der Waals surface area contributed by atoms with Gasteiger partial charge in [0.05, 0.1) is 11.4 Å². The molecule has 0 bridgehead atoms. The molecule has 0 aliphatic heterocycles. The van der Waals surface area contributed by atoms with Crippen molar-refractivity contribution in [3.8, 4) is 0 Å². The number of benzene rings is 1. The molecule has 0 aliphatic rings. The van der Waals surface area contributed by atoms with Crippen molar-refractivity contribution >= 4 is 16.8 Å². The molecule has 0 spiro atoms. The lowest BCUT2D eigenvalue weighted by Crippen LogP contribution is -2.36. The zero-order valence-electron chi connectivity index (χ0n) is 11.8. The van der Waals surface area contributed by atoms with E-state index >= 15 is 0 Å². The van der Waals surface area contributed by atoms with E-state index < -0.39 is 0 Å². The second kappa shape index (κ2) is 7.01. The van der Waals surface area contributed by atoms with E-state index in [2.05, 4.69) is 10.3 Å². The molecule has 1 aromatic heterocycles. The zero-order valence-corrected chi connectivity index (χ0v) is 11.8. The van der Waals surface area contributed by atoms with Crippen molar-refractivity contribution in [1.82, 2.24) is 10.3 Å². The first-order chi connectivity index (χ1) is 9.76. The monoisotopic (exact) mass is 271 g/mol. The third-order valence-electron chi connectivity index (χ3n) is 3.41. The van der Waals surface area contributed by atoms with Crippen molar-refractivity contribution in [3.05, 3.63) is 42.1 Å². The quantitative estimate of drug-likeness (QED) is 0.843. The molecule has 4 heteroatoms. The molecule has 0 radical (unpaired) electrons. The Morgan fingerprint density at radius 3 is 2.90 bits per heavy atom. The third kappa shape index (κ3) is 3.33. The molecule has 4 nitrogen and oxygen atoms in total. The summed E-state index contributed by atoms with van der Waals surface area (Å²) >= 11 is 0. The van der Waals surface area contributed by atoms with Crippen molar-refractivity contribution in [2.45, 2.75) is 19.8 Å². The fourth-order valence-corrected chi connectivity index (χ4v) is 2.27. The van der Waals surface area contributed by atoms with Gasteiger partial charge in [-0.15, -0.1) is 0 Å². The number of aromatic nitrogens is 1. The predicted molar refractivity (Wildman–Crippen MR) is 81.3 cm³/mol. The van der Waals surface area contributed by atoms with Crippen LogP contribution in [-0.2, 0) is 11.2 Å². The number of carbonyl (C=O) groups is 1.